The molecule has 1 aromatic heterocycles. The molecule has 2 rings (SSSR count). The minimum absolute atomic E-state index is 0.00822. The summed E-state index contributed by atoms with van der Waals surface area (Å²) in [5.41, 5.74) is 1.33. The summed E-state index contributed by atoms with van der Waals surface area (Å²) in [6, 6.07) is 2.03. The van der Waals surface area contributed by atoms with Crippen molar-refractivity contribution in [3.63, 3.8) is 0 Å². The fourth-order valence-electron chi connectivity index (χ4n) is 1.74. The maximum atomic E-state index is 11.9. The van der Waals surface area contributed by atoms with Crippen LogP contribution in [0.15, 0.2) is 6.07 Å². The summed E-state index contributed by atoms with van der Waals surface area (Å²) in [6.07, 6.45) is 1.09. The highest BCUT2D eigenvalue weighted by molar-refractivity contribution is 7.98. The molecule has 1 aliphatic heterocycles. The minimum Gasteiger partial charge on any atom is -0.378 e. The Bertz CT molecular complexity index is 385. The number of rotatable bonds is 6. The second kappa shape index (κ2) is 7.38. The summed E-state index contributed by atoms with van der Waals surface area (Å²) in [7, 11) is 0. The molecule has 2 heterocycles. The van der Waals surface area contributed by atoms with E-state index in [1.165, 1.54) is 16.2 Å². The van der Waals surface area contributed by atoms with Gasteiger partial charge in [-0.15, -0.1) is 22.9 Å². The van der Waals surface area contributed by atoms with Crippen LogP contribution in [0.4, 0.5) is 0 Å². The molecule has 0 aromatic carbocycles. The van der Waals surface area contributed by atoms with E-state index in [2.05, 4.69) is 5.32 Å². The topological polar surface area (TPSA) is 38.3 Å². The molecule has 1 aliphatic rings. The third-order valence-electron chi connectivity index (χ3n) is 2.60. The van der Waals surface area contributed by atoms with E-state index in [-0.39, 0.29) is 5.91 Å². The van der Waals surface area contributed by atoms with Gasteiger partial charge in [0.1, 0.15) is 0 Å². The van der Waals surface area contributed by atoms with E-state index in [0.717, 1.165) is 17.1 Å². The number of thioether (sulfide) groups is 1. The largest absolute Gasteiger partial charge is 0.378 e. The highest BCUT2D eigenvalue weighted by Gasteiger charge is 2.16. The molecule has 1 amide bonds. The van der Waals surface area contributed by atoms with Gasteiger partial charge in [0, 0.05) is 23.1 Å². The Hall–Kier alpha value is -0.230. The van der Waals surface area contributed by atoms with Crippen molar-refractivity contribution in [2.45, 2.75) is 12.2 Å². The van der Waals surface area contributed by atoms with E-state index in [1.807, 2.05) is 17.8 Å². The number of aryl methyl sites for hydroxylation is 1. The van der Waals surface area contributed by atoms with Gasteiger partial charge in [-0.2, -0.15) is 11.8 Å². The molecule has 0 atom stereocenters. The number of carbonyl (C=O) groups excluding carboxylic acids is 1. The number of hydrogen-bond acceptors (Lipinski definition) is 4. The number of fused-ring (bicyclic) bond motifs is 1. The van der Waals surface area contributed by atoms with Gasteiger partial charge in [0.15, 0.2) is 0 Å². The Morgan fingerprint density at radius 3 is 3.17 bits per heavy atom. The Morgan fingerprint density at radius 1 is 1.50 bits per heavy atom. The van der Waals surface area contributed by atoms with E-state index in [0.29, 0.717) is 25.6 Å². The molecule has 6 heteroatoms. The lowest BCUT2D eigenvalue weighted by molar-refractivity contribution is 0.0927. The van der Waals surface area contributed by atoms with E-state index >= 15 is 0 Å². The zero-order valence-corrected chi connectivity index (χ0v) is 12.4. The lowest BCUT2D eigenvalue weighted by Gasteiger charge is -2.08. The van der Waals surface area contributed by atoms with E-state index in [9.17, 15) is 4.79 Å². The van der Waals surface area contributed by atoms with Crippen molar-refractivity contribution in [1.82, 2.24) is 5.32 Å². The van der Waals surface area contributed by atoms with E-state index in [4.69, 9.17) is 16.3 Å². The zero-order valence-electron chi connectivity index (χ0n) is 10.0. The van der Waals surface area contributed by atoms with Crippen LogP contribution in [0.1, 0.15) is 20.1 Å². The van der Waals surface area contributed by atoms with Gasteiger partial charge >= 0.3 is 0 Å². The number of hydrogen-bond donors (Lipinski definition) is 1. The molecule has 0 bridgehead atoms. The maximum absolute atomic E-state index is 11.9. The Morgan fingerprint density at radius 2 is 2.39 bits per heavy atom. The van der Waals surface area contributed by atoms with Crippen molar-refractivity contribution in [3.8, 4) is 0 Å². The van der Waals surface area contributed by atoms with Crippen LogP contribution in [-0.2, 0) is 16.9 Å². The number of halogens is 1. The Labute approximate surface area is 120 Å². The third kappa shape index (κ3) is 3.88. The average Bonchev–Trinajstić information content (AvgIpc) is 2.82. The quantitative estimate of drug-likeness (QED) is 0.648. The molecule has 18 heavy (non-hydrogen) atoms. The van der Waals surface area contributed by atoms with Crippen molar-refractivity contribution in [3.05, 3.63) is 21.4 Å². The van der Waals surface area contributed by atoms with Gasteiger partial charge in [0.2, 0.25) is 0 Å². The van der Waals surface area contributed by atoms with Gasteiger partial charge in [0.25, 0.3) is 5.91 Å². The maximum Gasteiger partial charge on any atom is 0.261 e. The van der Waals surface area contributed by atoms with E-state index in [1.54, 1.807) is 11.3 Å². The standard InChI is InChI=1S/C12H16ClNO2S2/c13-2-4-16-5-3-14-12(15)11-7-9-8-17-6-1-10(9)18-11/h7H,1-6,8H2,(H,14,15). The first kappa shape index (κ1) is 14.2. The number of carbonyl (C=O) groups is 1. The lowest BCUT2D eigenvalue weighted by atomic mass is 10.2. The first-order chi connectivity index (χ1) is 8.81. The van der Waals surface area contributed by atoms with Crippen LogP contribution in [0.2, 0.25) is 0 Å². The summed E-state index contributed by atoms with van der Waals surface area (Å²) in [5.74, 6) is 2.70. The number of amides is 1. The molecule has 3 nitrogen and oxygen atoms in total. The van der Waals surface area contributed by atoms with Crippen molar-refractivity contribution in [2.24, 2.45) is 0 Å². The molecular formula is C12H16ClNO2S2. The van der Waals surface area contributed by atoms with Gasteiger partial charge < -0.3 is 10.1 Å². The first-order valence-electron chi connectivity index (χ1n) is 5.92. The van der Waals surface area contributed by atoms with Gasteiger partial charge in [-0.25, -0.2) is 0 Å². The fraction of sp³-hybridized carbons (Fsp3) is 0.583. The molecule has 100 valence electrons. The highest BCUT2D eigenvalue weighted by Crippen LogP contribution is 2.31. The van der Waals surface area contributed by atoms with Crippen LogP contribution in [-0.4, -0.2) is 37.3 Å². The minimum atomic E-state index is 0.00822. The molecule has 1 N–H and O–H groups in total. The van der Waals surface area contributed by atoms with Crippen LogP contribution in [0.5, 0.6) is 0 Å². The molecule has 0 radical (unpaired) electrons. The molecule has 0 saturated heterocycles. The van der Waals surface area contributed by atoms with E-state index < -0.39 is 0 Å². The Balaban J connectivity index is 1.80. The van der Waals surface area contributed by atoms with Crippen LogP contribution in [0.3, 0.4) is 0 Å². The predicted octanol–water partition coefficient (Wildman–Crippen LogP) is 2.52. The summed E-state index contributed by atoms with van der Waals surface area (Å²) < 4.78 is 5.20. The summed E-state index contributed by atoms with van der Waals surface area (Å²) in [6.45, 7) is 1.58. The predicted molar refractivity (Wildman–Crippen MR) is 78.1 cm³/mol. The molecule has 0 saturated carbocycles. The van der Waals surface area contributed by atoms with Gasteiger partial charge in [-0.05, 0) is 23.8 Å². The van der Waals surface area contributed by atoms with Gasteiger partial charge in [-0.1, -0.05) is 0 Å². The molecule has 1 aromatic rings. The first-order valence-corrected chi connectivity index (χ1v) is 8.43. The van der Waals surface area contributed by atoms with Crippen LogP contribution < -0.4 is 5.32 Å². The molecule has 0 unspecified atom stereocenters. The monoisotopic (exact) mass is 305 g/mol. The van der Waals surface area contributed by atoms with Crippen molar-refractivity contribution in [1.29, 1.82) is 0 Å². The summed E-state index contributed by atoms with van der Waals surface area (Å²) >= 11 is 9.04. The van der Waals surface area contributed by atoms with Gasteiger partial charge in [0.05, 0.1) is 18.1 Å². The second-order valence-electron chi connectivity index (χ2n) is 3.92. The zero-order chi connectivity index (χ0) is 12.8. The van der Waals surface area contributed by atoms with Crippen LogP contribution in [0, 0.1) is 0 Å². The van der Waals surface area contributed by atoms with Crippen molar-refractivity contribution in [2.75, 3.05) is 31.4 Å². The normalized spacial score (nSPS) is 14.3. The average molecular weight is 306 g/mol. The van der Waals surface area contributed by atoms with Crippen LogP contribution in [0.25, 0.3) is 0 Å². The molecule has 0 spiro atoms. The fourth-order valence-corrected chi connectivity index (χ4v) is 4.14. The molecule has 0 aliphatic carbocycles. The number of alkyl halides is 1. The molecule has 0 fully saturated rings. The van der Waals surface area contributed by atoms with Gasteiger partial charge in [-0.3, -0.25) is 4.79 Å². The summed E-state index contributed by atoms with van der Waals surface area (Å²) in [5, 5.41) is 2.86. The summed E-state index contributed by atoms with van der Waals surface area (Å²) in [4.78, 5) is 14.1. The smallest absolute Gasteiger partial charge is 0.261 e. The highest BCUT2D eigenvalue weighted by atomic mass is 35.5. The SMILES string of the molecule is O=C(NCCOCCCl)c1cc2c(s1)CCSC2. The number of ether oxygens (including phenoxy) is 1. The number of nitrogens with one attached hydrogen (secondary N) is 1. The van der Waals surface area contributed by atoms with Crippen molar-refractivity contribution < 1.29 is 9.53 Å². The second-order valence-corrected chi connectivity index (χ2v) is 6.54. The number of thiophene rings is 1. The third-order valence-corrected chi connectivity index (χ3v) is 5.00. The molecular weight excluding hydrogens is 290 g/mol. The van der Waals surface area contributed by atoms with Crippen molar-refractivity contribution >= 4 is 40.6 Å². The Kier molecular flexibility index (Phi) is 5.82. The van der Waals surface area contributed by atoms with Crippen LogP contribution >= 0.6 is 34.7 Å². The lowest BCUT2D eigenvalue weighted by Crippen LogP contribution is -2.26.